The van der Waals surface area contributed by atoms with Crippen molar-refractivity contribution >= 4 is 27.8 Å². The molecule has 0 heterocycles. The molecule has 4 nitrogen and oxygen atoms in total. The minimum Gasteiger partial charge on any atom is -0.480 e. The molecule has 15 heavy (non-hydrogen) atoms. The fourth-order valence-electron chi connectivity index (χ4n) is 0.764. The van der Waals surface area contributed by atoms with Gasteiger partial charge in [0.1, 0.15) is 0 Å². The van der Waals surface area contributed by atoms with Crippen LogP contribution in [-0.2, 0) is 9.59 Å². The third-order valence-corrected chi connectivity index (χ3v) is 1.99. The lowest BCUT2D eigenvalue weighted by Crippen LogP contribution is -2.41. The van der Waals surface area contributed by atoms with Gasteiger partial charge in [0.25, 0.3) is 0 Å². The zero-order valence-corrected chi connectivity index (χ0v) is 9.14. The molecule has 0 aromatic carbocycles. The summed E-state index contributed by atoms with van der Waals surface area (Å²) in [7, 11) is 0. The first-order valence-corrected chi connectivity index (χ1v) is 5.06. The topological polar surface area (TPSA) is 57.6 Å². The molecule has 0 rings (SSSR count). The van der Waals surface area contributed by atoms with Crippen LogP contribution in [0.2, 0.25) is 0 Å². The van der Waals surface area contributed by atoms with Gasteiger partial charge in [-0.2, -0.15) is 13.9 Å². The standard InChI is InChI=1S/C7H9BrF3NO3/c8-3-1-2-7(9,10)6(15)12(11)4-5(13)14/h1-4H2,(H,13,14). The van der Waals surface area contributed by atoms with Gasteiger partial charge in [0.05, 0.1) is 0 Å². The van der Waals surface area contributed by atoms with Crippen LogP contribution in [-0.4, -0.2) is 39.9 Å². The quantitative estimate of drug-likeness (QED) is 0.597. The smallest absolute Gasteiger partial charge is 0.327 e. The van der Waals surface area contributed by atoms with Crippen molar-refractivity contribution in [3.63, 3.8) is 0 Å². The molecule has 0 aliphatic rings. The number of hydrogen-bond acceptors (Lipinski definition) is 2. The van der Waals surface area contributed by atoms with Gasteiger partial charge in [-0.1, -0.05) is 20.4 Å². The van der Waals surface area contributed by atoms with Crippen LogP contribution in [0, 0.1) is 0 Å². The molecule has 0 saturated carbocycles. The van der Waals surface area contributed by atoms with Crippen molar-refractivity contribution in [2.45, 2.75) is 18.8 Å². The Hall–Kier alpha value is -0.790. The molecule has 0 fully saturated rings. The maximum Gasteiger partial charge on any atom is 0.327 e. The minimum atomic E-state index is -3.86. The number of rotatable bonds is 6. The highest BCUT2D eigenvalue weighted by atomic mass is 79.9. The summed E-state index contributed by atoms with van der Waals surface area (Å²) in [4.78, 5) is 20.7. The molecule has 1 N–H and O–H groups in total. The Balaban J connectivity index is 4.33. The number of nitrogens with zero attached hydrogens (tertiary/aromatic N) is 1. The van der Waals surface area contributed by atoms with Gasteiger partial charge in [0, 0.05) is 11.8 Å². The summed E-state index contributed by atoms with van der Waals surface area (Å²) < 4.78 is 38.3. The van der Waals surface area contributed by atoms with E-state index in [0.29, 0.717) is 0 Å². The van der Waals surface area contributed by atoms with E-state index in [9.17, 15) is 22.9 Å². The molecule has 0 aromatic rings. The average molecular weight is 292 g/mol. The predicted octanol–water partition coefficient (Wildman–Crippen LogP) is 1.59. The number of carboxylic acids is 1. The lowest BCUT2D eigenvalue weighted by molar-refractivity contribution is -0.178. The Labute approximate surface area is 92.1 Å². The maximum absolute atomic E-state index is 12.9. The summed E-state index contributed by atoms with van der Waals surface area (Å²) >= 11 is 2.88. The van der Waals surface area contributed by atoms with Crippen LogP contribution in [0.15, 0.2) is 0 Å². The molecule has 0 saturated heterocycles. The highest BCUT2D eigenvalue weighted by Gasteiger charge is 2.42. The molecule has 0 atom stereocenters. The van der Waals surface area contributed by atoms with E-state index in [-0.39, 0.29) is 11.8 Å². The summed E-state index contributed by atoms with van der Waals surface area (Å²) in [6.07, 6.45) is -0.837. The van der Waals surface area contributed by atoms with E-state index in [1.54, 1.807) is 0 Å². The number of carboxylic acid groups (broad SMARTS) is 1. The van der Waals surface area contributed by atoms with Crippen molar-refractivity contribution < 1.29 is 28.0 Å². The van der Waals surface area contributed by atoms with Gasteiger partial charge < -0.3 is 5.11 Å². The minimum absolute atomic E-state index is 0.0142. The number of amides is 1. The number of carbonyl (C=O) groups is 2. The van der Waals surface area contributed by atoms with Gasteiger partial charge in [0.15, 0.2) is 6.54 Å². The zero-order chi connectivity index (χ0) is 12.1. The Morgan fingerprint density at radius 1 is 1.40 bits per heavy atom. The van der Waals surface area contributed by atoms with Crippen molar-refractivity contribution in [1.29, 1.82) is 0 Å². The van der Waals surface area contributed by atoms with Gasteiger partial charge in [-0.25, -0.2) is 0 Å². The molecule has 0 aliphatic carbocycles. The fraction of sp³-hybridized carbons (Fsp3) is 0.714. The molecule has 88 valence electrons. The summed E-state index contributed by atoms with van der Waals surface area (Å²) in [5, 5.41) is 7.35. The molecule has 0 bridgehead atoms. The number of alkyl halides is 3. The molecule has 0 unspecified atom stereocenters. The Morgan fingerprint density at radius 2 is 1.93 bits per heavy atom. The first-order valence-electron chi connectivity index (χ1n) is 3.94. The van der Waals surface area contributed by atoms with Crippen LogP contribution in [0.1, 0.15) is 12.8 Å². The van der Waals surface area contributed by atoms with Crippen molar-refractivity contribution in [2.24, 2.45) is 0 Å². The van der Waals surface area contributed by atoms with E-state index in [1.807, 2.05) is 0 Å². The van der Waals surface area contributed by atoms with Crippen LogP contribution >= 0.6 is 15.9 Å². The monoisotopic (exact) mass is 291 g/mol. The van der Waals surface area contributed by atoms with Crippen LogP contribution in [0.25, 0.3) is 0 Å². The largest absolute Gasteiger partial charge is 0.480 e. The Kier molecular flexibility index (Phi) is 5.63. The van der Waals surface area contributed by atoms with E-state index in [2.05, 4.69) is 15.9 Å². The molecule has 0 spiro atoms. The van der Waals surface area contributed by atoms with E-state index < -0.39 is 35.9 Å². The molecule has 0 aliphatic heterocycles. The molecule has 0 aromatic heterocycles. The Bertz CT molecular complexity index is 250. The van der Waals surface area contributed by atoms with Crippen LogP contribution in [0.3, 0.4) is 0 Å². The maximum atomic E-state index is 12.9. The average Bonchev–Trinajstić information content (AvgIpc) is 2.12. The third kappa shape index (κ3) is 5.01. The first kappa shape index (κ1) is 14.2. The van der Waals surface area contributed by atoms with Crippen LogP contribution < -0.4 is 0 Å². The summed E-state index contributed by atoms with van der Waals surface area (Å²) in [5.74, 6) is -7.68. The van der Waals surface area contributed by atoms with Crippen molar-refractivity contribution in [3.8, 4) is 0 Å². The number of hydrogen-bond donors (Lipinski definition) is 1. The van der Waals surface area contributed by atoms with Gasteiger partial charge in [-0.15, -0.1) is 0 Å². The van der Waals surface area contributed by atoms with Crippen LogP contribution in [0.4, 0.5) is 13.3 Å². The lowest BCUT2D eigenvalue weighted by atomic mass is 10.2. The first-order chi connectivity index (χ1) is 6.81. The molecular formula is C7H9BrF3NO3. The van der Waals surface area contributed by atoms with Crippen molar-refractivity contribution in [2.75, 3.05) is 11.9 Å². The van der Waals surface area contributed by atoms with E-state index in [4.69, 9.17) is 5.11 Å². The normalized spacial score (nSPS) is 11.2. The van der Waals surface area contributed by atoms with Gasteiger partial charge in [-0.3, -0.25) is 9.59 Å². The highest BCUT2D eigenvalue weighted by Crippen LogP contribution is 2.23. The molecular weight excluding hydrogens is 283 g/mol. The fourth-order valence-corrected chi connectivity index (χ4v) is 1.04. The van der Waals surface area contributed by atoms with E-state index in [1.165, 1.54) is 0 Å². The van der Waals surface area contributed by atoms with E-state index in [0.717, 1.165) is 0 Å². The summed E-state index contributed by atoms with van der Waals surface area (Å²) in [5.41, 5.74) is 0. The van der Waals surface area contributed by atoms with Gasteiger partial charge in [-0.05, 0) is 6.42 Å². The van der Waals surface area contributed by atoms with Gasteiger partial charge in [0.2, 0.25) is 0 Å². The summed E-state index contributed by atoms with van der Waals surface area (Å²) in [6.45, 7) is -1.39. The molecule has 1 amide bonds. The second-order valence-corrected chi connectivity index (χ2v) is 3.51. The Morgan fingerprint density at radius 3 is 2.33 bits per heavy atom. The highest BCUT2D eigenvalue weighted by molar-refractivity contribution is 9.09. The third-order valence-electron chi connectivity index (χ3n) is 1.43. The second kappa shape index (κ2) is 5.94. The number of aliphatic carboxylic acids is 1. The second-order valence-electron chi connectivity index (χ2n) is 2.72. The van der Waals surface area contributed by atoms with Gasteiger partial charge >= 0.3 is 17.8 Å². The summed E-state index contributed by atoms with van der Waals surface area (Å²) in [6, 6.07) is 0. The zero-order valence-electron chi connectivity index (χ0n) is 7.55. The van der Waals surface area contributed by atoms with Crippen molar-refractivity contribution in [1.82, 2.24) is 5.12 Å². The SMILES string of the molecule is O=C(O)CN(F)C(=O)C(F)(F)CCCBr. The lowest BCUT2D eigenvalue weighted by Gasteiger charge is -2.17. The van der Waals surface area contributed by atoms with Crippen molar-refractivity contribution in [3.05, 3.63) is 0 Å². The predicted molar refractivity (Wildman–Crippen MR) is 48.4 cm³/mol. The van der Waals surface area contributed by atoms with Crippen LogP contribution in [0.5, 0.6) is 0 Å². The van der Waals surface area contributed by atoms with E-state index >= 15 is 0 Å². The number of halogens is 4. The number of carbonyl (C=O) groups excluding carboxylic acids is 1. The molecule has 0 radical (unpaired) electrons. The molecule has 8 heteroatoms.